The zero-order valence-electron chi connectivity index (χ0n) is 33.7. The summed E-state index contributed by atoms with van der Waals surface area (Å²) in [5.74, 6) is -1.30. The predicted octanol–water partition coefficient (Wildman–Crippen LogP) is 7.89. The maximum Gasteiger partial charge on any atom is 0.328 e. The van der Waals surface area contributed by atoms with Gasteiger partial charge >= 0.3 is 11.9 Å². The largest absolute Gasteiger partial charge is 0.468 e. The van der Waals surface area contributed by atoms with Crippen molar-refractivity contribution in [2.75, 3.05) is 34.2 Å². The van der Waals surface area contributed by atoms with Crippen molar-refractivity contribution in [3.05, 3.63) is 155 Å². The summed E-state index contributed by atoms with van der Waals surface area (Å²) in [6, 6.07) is 39.1. The summed E-state index contributed by atoms with van der Waals surface area (Å²) in [7, 11) is -5.60. The van der Waals surface area contributed by atoms with Crippen molar-refractivity contribution >= 4 is 77.9 Å². The molecule has 3 heterocycles. The minimum atomic E-state index is -4.06. The van der Waals surface area contributed by atoms with Crippen LogP contribution in [0.15, 0.2) is 142 Å². The first-order chi connectivity index (χ1) is 30.1. The normalized spacial score (nSPS) is 24.0. The molecule has 0 amide bonds. The van der Waals surface area contributed by atoms with Gasteiger partial charge in [0.25, 0.3) is 20.0 Å². The molecule has 0 bridgehead atoms. The number of sulfonamides is 2. The van der Waals surface area contributed by atoms with Gasteiger partial charge in [-0.3, -0.25) is 0 Å². The van der Waals surface area contributed by atoms with E-state index in [1.165, 1.54) is 24.6 Å². The summed E-state index contributed by atoms with van der Waals surface area (Å²) >= 11 is 14.1. The number of aliphatic hydroxyl groups is 1. The van der Waals surface area contributed by atoms with Gasteiger partial charge in [-0.25, -0.2) is 26.4 Å². The Morgan fingerprint density at radius 2 is 1.21 bits per heavy atom. The molecule has 2 saturated carbocycles. The molecule has 1 aliphatic heterocycles. The molecule has 3 fully saturated rings. The number of aliphatic hydroxyl groups excluding tert-OH is 1. The smallest absolute Gasteiger partial charge is 0.328 e. The third kappa shape index (κ3) is 7.73. The molecule has 18 heteroatoms. The fourth-order valence-corrected chi connectivity index (χ4v) is 14.6. The molecule has 328 valence electrons. The quantitative estimate of drug-likeness (QED) is 0.115. The summed E-state index contributed by atoms with van der Waals surface area (Å²) in [6.45, 7) is -0.367. The Labute approximate surface area is 383 Å². The van der Waals surface area contributed by atoms with Gasteiger partial charge in [0.05, 0.1) is 38.3 Å². The molecule has 12 nitrogen and oxygen atoms in total. The first-order valence-electron chi connectivity index (χ1n) is 19.4. The van der Waals surface area contributed by atoms with Gasteiger partial charge in [0, 0.05) is 19.8 Å². The standard InChI is InChI=1S/C23H20ClNO5S2.C22H20ClNO5S2/c1-29-21(26)23-13-22(23,17-5-3-2-4-6-17)14-30-15-25(23)32(27,28)20-12-11-19(31-20)16-7-9-18(24)10-8-16;1-29-20(26)22(13-21(22,14-25)16-5-3-2-4-6-16)24-31(27,28)19-12-11-18(30-19)15-7-9-17(23)10-8-15/h2-12H,13-15H2,1H3;2-12,24-25H,13-14H2,1H3. The van der Waals surface area contributed by atoms with Gasteiger partial charge < -0.3 is 19.3 Å². The van der Waals surface area contributed by atoms with Crippen LogP contribution >= 0.6 is 45.9 Å². The molecule has 2 N–H and O–H groups in total. The Balaban J connectivity index is 0.000000173. The summed E-state index contributed by atoms with van der Waals surface area (Å²) < 4.78 is 73.7. The average Bonchev–Trinajstić information content (AvgIpc) is 3.93. The Hall–Kier alpha value is -4.46. The number of halogens is 2. The number of esters is 2. The number of hydrogen-bond donors (Lipinski definition) is 2. The van der Waals surface area contributed by atoms with Crippen molar-refractivity contribution in [3.63, 3.8) is 0 Å². The number of nitrogens with zero attached hydrogens (tertiary/aromatic N) is 1. The number of thiophene rings is 2. The topological polar surface area (TPSA) is 166 Å². The number of hydrogen-bond acceptors (Lipinski definition) is 12. The minimum absolute atomic E-state index is 0.0625. The van der Waals surface area contributed by atoms with Gasteiger partial charge in [0.2, 0.25) is 0 Å². The molecule has 2 aromatic heterocycles. The predicted molar refractivity (Wildman–Crippen MR) is 242 cm³/mol. The first kappa shape index (κ1) is 45.1. The lowest BCUT2D eigenvalue weighted by atomic mass is 9.90. The number of carbonyl (C=O) groups excluding carboxylic acids is 2. The molecule has 4 aromatic carbocycles. The van der Waals surface area contributed by atoms with E-state index < -0.39 is 60.5 Å². The third-order valence-corrected chi connectivity index (χ3v) is 19.1. The average molecular weight is 968 g/mol. The van der Waals surface area contributed by atoms with Gasteiger partial charge in [0.1, 0.15) is 26.2 Å². The zero-order valence-corrected chi connectivity index (χ0v) is 38.5. The molecule has 1 saturated heterocycles. The van der Waals surface area contributed by atoms with E-state index >= 15 is 0 Å². The molecule has 0 spiro atoms. The second-order valence-corrected chi connectivity index (χ2v) is 22.4. The van der Waals surface area contributed by atoms with Gasteiger partial charge in [-0.05, 0) is 83.6 Å². The second-order valence-electron chi connectivity index (χ2n) is 15.3. The lowest BCUT2D eigenvalue weighted by molar-refractivity contribution is -0.153. The maximum atomic E-state index is 13.7. The number of ether oxygens (including phenoxy) is 3. The van der Waals surface area contributed by atoms with E-state index in [2.05, 4.69) is 4.72 Å². The minimum Gasteiger partial charge on any atom is -0.468 e. The molecular formula is C45H40Cl2N2O10S4. The highest BCUT2D eigenvalue weighted by atomic mass is 35.5. The van der Waals surface area contributed by atoms with Crippen LogP contribution in [-0.2, 0) is 54.7 Å². The van der Waals surface area contributed by atoms with Crippen LogP contribution < -0.4 is 4.72 Å². The van der Waals surface area contributed by atoms with Crippen molar-refractivity contribution in [1.82, 2.24) is 9.03 Å². The van der Waals surface area contributed by atoms with Crippen molar-refractivity contribution in [2.45, 2.75) is 43.2 Å². The number of carbonyl (C=O) groups is 2. The van der Waals surface area contributed by atoms with E-state index in [1.807, 2.05) is 48.5 Å². The van der Waals surface area contributed by atoms with Gasteiger partial charge in [-0.15, -0.1) is 22.7 Å². The van der Waals surface area contributed by atoms with Gasteiger partial charge in [-0.2, -0.15) is 9.03 Å². The summed E-state index contributed by atoms with van der Waals surface area (Å²) in [5.41, 5.74) is -1.56. The van der Waals surface area contributed by atoms with Crippen LogP contribution in [0.25, 0.3) is 20.9 Å². The third-order valence-electron chi connectivity index (χ3n) is 12.0. The fourth-order valence-electron chi connectivity index (χ4n) is 8.56. The lowest BCUT2D eigenvalue weighted by Gasteiger charge is -2.37. The number of methoxy groups -OCH3 is 2. The van der Waals surface area contributed by atoms with E-state index in [-0.39, 0.29) is 28.2 Å². The molecule has 0 radical (unpaired) electrons. The summed E-state index contributed by atoms with van der Waals surface area (Å²) in [5, 5.41) is 11.4. The highest BCUT2D eigenvalue weighted by Gasteiger charge is 2.80. The van der Waals surface area contributed by atoms with Crippen molar-refractivity contribution in [2.24, 2.45) is 0 Å². The molecule has 6 aromatic rings. The number of rotatable bonds is 12. The highest BCUT2D eigenvalue weighted by Crippen LogP contribution is 2.65. The second kappa shape index (κ2) is 17.2. The van der Waals surface area contributed by atoms with E-state index in [9.17, 15) is 31.5 Å². The van der Waals surface area contributed by atoms with E-state index in [0.29, 0.717) is 22.0 Å². The molecule has 4 atom stereocenters. The van der Waals surface area contributed by atoms with Crippen LogP contribution in [-0.4, -0.2) is 83.4 Å². The first-order valence-corrected chi connectivity index (χ1v) is 24.7. The Kier molecular flexibility index (Phi) is 12.3. The zero-order chi connectivity index (χ0) is 44.8. The van der Waals surface area contributed by atoms with Crippen LogP contribution in [0.2, 0.25) is 10.0 Å². The monoisotopic (exact) mass is 966 g/mol. The lowest BCUT2D eigenvalue weighted by Crippen LogP contribution is -2.57. The molecule has 2 aliphatic carbocycles. The Morgan fingerprint density at radius 3 is 1.73 bits per heavy atom. The molecule has 9 rings (SSSR count). The van der Waals surface area contributed by atoms with Crippen molar-refractivity contribution in [3.8, 4) is 20.9 Å². The molecule has 63 heavy (non-hydrogen) atoms. The van der Waals surface area contributed by atoms with Gasteiger partial charge in [0.15, 0.2) is 0 Å². The van der Waals surface area contributed by atoms with Gasteiger partial charge in [-0.1, -0.05) is 108 Å². The number of nitrogens with one attached hydrogen (secondary N) is 1. The maximum absolute atomic E-state index is 13.7. The summed E-state index contributed by atoms with van der Waals surface area (Å²) in [6.07, 6.45) is 0.410. The Bertz CT molecular complexity index is 2880. The van der Waals surface area contributed by atoms with Crippen LogP contribution in [0, 0.1) is 0 Å². The van der Waals surface area contributed by atoms with Crippen LogP contribution in [0.5, 0.6) is 0 Å². The van der Waals surface area contributed by atoms with Crippen LogP contribution in [0.3, 0.4) is 0 Å². The molecule has 4 unspecified atom stereocenters. The number of fused-ring (bicyclic) bond motifs is 1. The molecule has 3 aliphatic rings. The van der Waals surface area contributed by atoms with Crippen molar-refractivity contribution < 1.29 is 45.7 Å². The van der Waals surface area contributed by atoms with E-state index in [4.69, 9.17) is 37.4 Å². The highest BCUT2D eigenvalue weighted by molar-refractivity contribution is 7.92. The van der Waals surface area contributed by atoms with Crippen molar-refractivity contribution in [1.29, 1.82) is 0 Å². The summed E-state index contributed by atoms with van der Waals surface area (Å²) in [4.78, 5) is 27.3. The van der Waals surface area contributed by atoms with Crippen LogP contribution in [0.4, 0.5) is 0 Å². The SMILES string of the molecule is COC(=O)C1(NS(=O)(=O)c2ccc(-c3ccc(Cl)cc3)s2)CC1(CO)c1ccccc1.COC(=O)C12CC1(c1ccccc1)COCN2S(=O)(=O)c1ccc(-c2ccc(Cl)cc2)s1. The molecular weight excluding hydrogens is 928 g/mol. The van der Waals surface area contributed by atoms with E-state index in [0.717, 1.165) is 49.1 Å². The Morgan fingerprint density at radius 1 is 0.698 bits per heavy atom. The fraction of sp³-hybridized carbons (Fsp3) is 0.244. The van der Waals surface area contributed by atoms with Crippen LogP contribution in [0.1, 0.15) is 24.0 Å². The van der Waals surface area contributed by atoms with E-state index in [1.54, 1.807) is 78.9 Å². The number of benzene rings is 4.